The maximum atomic E-state index is 11.5. The number of amides is 1. The number of hydrogen-bond acceptors (Lipinski definition) is 2. The lowest BCUT2D eigenvalue weighted by Crippen LogP contribution is -2.33. The molecule has 0 aromatic rings. The van der Waals surface area contributed by atoms with Gasteiger partial charge in [0.15, 0.2) is 0 Å². The van der Waals surface area contributed by atoms with Crippen molar-refractivity contribution in [2.24, 2.45) is 11.7 Å². The first-order valence-corrected chi connectivity index (χ1v) is 5.96. The number of carbonyl (C=O) groups excluding carboxylic acids is 1. The van der Waals surface area contributed by atoms with Crippen LogP contribution in [0.25, 0.3) is 0 Å². The highest BCUT2D eigenvalue weighted by molar-refractivity contribution is 5.76. The number of carbonyl (C=O) groups is 1. The summed E-state index contributed by atoms with van der Waals surface area (Å²) < 4.78 is 0. The van der Waals surface area contributed by atoms with Crippen molar-refractivity contribution < 1.29 is 4.79 Å². The predicted octanol–water partition coefficient (Wildman–Crippen LogP) is 2.05. The molecule has 0 aliphatic carbocycles. The SMILES string of the molecule is CC(C)CC(C)NC(=O)CCCC(C)N. The van der Waals surface area contributed by atoms with Crippen LogP contribution in [0.5, 0.6) is 0 Å². The van der Waals surface area contributed by atoms with Crippen molar-refractivity contribution in [2.75, 3.05) is 0 Å². The van der Waals surface area contributed by atoms with Gasteiger partial charge < -0.3 is 11.1 Å². The quantitative estimate of drug-likeness (QED) is 0.681. The van der Waals surface area contributed by atoms with Gasteiger partial charge in [0.25, 0.3) is 0 Å². The normalized spacial score (nSPS) is 15.1. The summed E-state index contributed by atoms with van der Waals surface area (Å²) >= 11 is 0. The molecule has 0 aliphatic heterocycles. The van der Waals surface area contributed by atoms with E-state index >= 15 is 0 Å². The van der Waals surface area contributed by atoms with Gasteiger partial charge in [-0.2, -0.15) is 0 Å². The third-order valence-electron chi connectivity index (χ3n) is 2.30. The molecule has 0 spiro atoms. The fourth-order valence-corrected chi connectivity index (χ4v) is 1.70. The number of nitrogens with two attached hydrogens (primary N) is 1. The topological polar surface area (TPSA) is 55.1 Å². The average Bonchev–Trinajstić information content (AvgIpc) is 2.00. The van der Waals surface area contributed by atoms with E-state index in [4.69, 9.17) is 5.73 Å². The second kappa shape index (κ2) is 7.69. The highest BCUT2D eigenvalue weighted by atomic mass is 16.1. The van der Waals surface area contributed by atoms with Crippen LogP contribution in [0.4, 0.5) is 0 Å². The minimum absolute atomic E-state index is 0.156. The molecule has 2 unspecified atom stereocenters. The molecule has 0 bridgehead atoms. The van der Waals surface area contributed by atoms with Gasteiger partial charge in [0.1, 0.15) is 0 Å². The van der Waals surface area contributed by atoms with Gasteiger partial charge in [-0.3, -0.25) is 4.79 Å². The standard InChI is InChI=1S/C12H26N2O/c1-9(2)8-11(4)14-12(15)7-5-6-10(3)13/h9-11H,5-8,13H2,1-4H3,(H,14,15). The zero-order valence-electron chi connectivity index (χ0n) is 10.5. The van der Waals surface area contributed by atoms with E-state index < -0.39 is 0 Å². The molecule has 0 heterocycles. The molecule has 3 N–H and O–H groups in total. The second-order valence-corrected chi connectivity index (χ2v) is 4.97. The molecular weight excluding hydrogens is 188 g/mol. The van der Waals surface area contributed by atoms with Gasteiger partial charge >= 0.3 is 0 Å². The zero-order chi connectivity index (χ0) is 11.8. The summed E-state index contributed by atoms with van der Waals surface area (Å²) in [7, 11) is 0. The second-order valence-electron chi connectivity index (χ2n) is 4.97. The van der Waals surface area contributed by atoms with Crippen molar-refractivity contribution in [3.8, 4) is 0 Å². The average molecular weight is 214 g/mol. The summed E-state index contributed by atoms with van der Waals surface area (Å²) in [5.74, 6) is 0.785. The van der Waals surface area contributed by atoms with Crippen molar-refractivity contribution in [2.45, 2.75) is 65.5 Å². The van der Waals surface area contributed by atoms with E-state index in [2.05, 4.69) is 26.1 Å². The van der Waals surface area contributed by atoms with Crippen molar-refractivity contribution in [3.05, 3.63) is 0 Å². The fraction of sp³-hybridized carbons (Fsp3) is 0.917. The first kappa shape index (κ1) is 14.4. The molecule has 2 atom stereocenters. The van der Waals surface area contributed by atoms with Crippen molar-refractivity contribution in [1.29, 1.82) is 0 Å². The van der Waals surface area contributed by atoms with Gasteiger partial charge in [-0.15, -0.1) is 0 Å². The van der Waals surface area contributed by atoms with Crippen LogP contribution < -0.4 is 11.1 Å². The lowest BCUT2D eigenvalue weighted by Gasteiger charge is -2.16. The fourth-order valence-electron chi connectivity index (χ4n) is 1.70. The molecule has 0 aromatic heterocycles. The first-order chi connectivity index (χ1) is 6.91. The van der Waals surface area contributed by atoms with Crippen molar-refractivity contribution >= 4 is 5.91 Å². The maximum absolute atomic E-state index is 11.5. The lowest BCUT2D eigenvalue weighted by molar-refractivity contribution is -0.121. The number of nitrogens with one attached hydrogen (secondary N) is 1. The van der Waals surface area contributed by atoms with E-state index in [0.717, 1.165) is 19.3 Å². The van der Waals surface area contributed by atoms with Crippen LogP contribution in [0.1, 0.15) is 53.4 Å². The molecule has 3 heteroatoms. The van der Waals surface area contributed by atoms with E-state index in [1.54, 1.807) is 0 Å². The van der Waals surface area contributed by atoms with Gasteiger partial charge in [0.2, 0.25) is 5.91 Å². The molecule has 0 aliphatic rings. The molecule has 0 fully saturated rings. The van der Waals surface area contributed by atoms with Gasteiger partial charge in [0.05, 0.1) is 0 Å². The van der Waals surface area contributed by atoms with Crippen LogP contribution in [0.15, 0.2) is 0 Å². The van der Waals surface area contributed by atoms with Gasteiger partial charge in [0, 0.05) is 18.5 Å². The Labute approximate surface area is 93.8 Å². The van der Waals surface area contributed by atoms with Crippen LogP contribution >= 0.6 is 0 Å². The molecule has 1 amide bonds. The Morgan fingerprint density at radius 2 is 1.87 bits per heavy atom. The Bertz CT molecular complexity index is 178. The number of hydrogen-bond donors (Lipinski definition) is 2. The monoisotopic (exact) mass is 214 g/mol. The lowest BCUT2D eigenvalue weighted by atomic mass is 10.0. The molecule has 0 saturated heterocycles. The Morgan fingerprint density at radius 1 is 1.27 bits per heavy atom. The minimum atomic E-state index is 0.156. The minimum Gasteiger partial charge on any atom is -0.354 e. The molecule has 15 heavy (non-hydrogen) atoms. The Hall–Kier alpha value is -0.570. The van der Waals surface area contributed by atoms with Crippen LogP contribution in [0.3, 0.4) is 0 Å². The molecule has 0 radical (unpaired) electrons. The zero-order valence-corrected chi connectivity index (χ0v) is 10.5. The Kier molecular flexibility index (Phi) is 7.39. The summed E-state index contributed by atoms with van der Waals surface area (Å²) in [5.41, 5.74) is 5.61. The summed E-state index contributed by atoms with van der Waals surface area (Å²) in [6.07, 6.45) is 3.45. The Balaban J connectivity index is 3.55. The molecule has 0 rings (SSSR count). The van der Waals surface area contributed by atoms with E-state index in [1.165, 1.54) is 0 Å². The largest absolute Gasteiger partial charge is 0.354 e. The summed E-state index contributed by atoms with van der Waals surface area (Å²) in [4.78, 5) is 11.5. The molecular formula is C12H26N2O. The maximum Gasteiger partial charge on any atom is 0.220 e. The van der Waals surface area contributed by atoms with Crippen LogP contribution in [0, 0.1) is 5.92 Å². The predicted molar refractivity (Wildman–Crippen MR) is 64.6 cm³/mol. The first-order valence-electron chi connectivity index (χ1n) is 5.96. The number of rotatable bonds is 7. The molecule has 0 aromatic carbocycles. The van der Waals surface area contributed by atoms with E-state index in [9.17, 15) is 4.79 Å². The van der Waals surface area contributed by atoms with Gasteiger partial charge in [-0.05, 0) is 39.0 Å². The van der Waals surface area contributed by atoms with E-state index in [0.29, 0.717) is 12.3 Å². The van der Waals surface area contributed by atoms with E-state index in [-0.39, 0.29) is 18.0 Å². The highest BCUT2D eigenvalue weighted by Gasteiger charge is 2.08. The van der Waals surface area contributed by atoms with Crippen LogP contribution in [0.2, 0.25) is 0 Å². The summed E-state index contributed by atoms with van der Waals surface area (Å²) in [5, 5.41) is 3.01. The Morgan fingerprint density at radius 3 is 2.33 bits per heavy atom. The summed E-state index contributed by atoms with van der Waals surface area (Å²) in [6.45, 7) is 8.36. The van der Waals surface area contributed by atoms with Crippen molar-refractivity contribution in [3.63, 3.8) is 0 Å². The molecule has 0 saturated carbocycles. The van der Waals surface area contributed by atoms with Gasteiger partial charge in [-0.1, -0.05) is 13.8 Å². The third-order valence-corrected chi connectivity index (χ3v) is 2.30. The molecule has 90 valence electrons. The van der Waals surface area contributed by atoms with Crippen molar-refractivity contribution in [1.82, 2.24) is 5.32 Å². The van der Waals surface area contributed by atoms with Gasteiger partial charge in [-0.25, -0.2) is 0 Å². The van der Waals surface area contributed by atoms with E-state index in [1.807, 2.05) is 6.92 Å². The third kappa shape index (κ3) is 9.73. The molecule has 3 nitrogen and oxygen atoms in total. The summed E-state index contributed by atoms with van der Waals surface area (Å²) in [6, 6.07) is 0.485. The van der Waals surface area contributed by atoms with Crippen LogP contribution in [-0.4, -0.2) is 18.0 Å². The highest BCUT2D eigenvalue weighted by Crippen LogP contribution is 2.05. The smallest absolute Gasteiger partial charge is 0.220 e. The van der Waals surface area contributed by atoms with Crippen LogP contribution in [-0.2, 0) is 4.79 Å².